The predicted molar refractivity (Wildman–Crippen MR) is 177 cm³/mol. The number of nitrogens with one attached hydrogen (secondary N) is 4. The number of likely N-dealkylation sites (tertiary alicyclic amines) is 1. The van der Waals surface area contributed by atoms with Crippen LogP contribution in [0.2, 0.25) is 0 Å². The van der Waals surface area contributed by atoms with Crippen LogP contribution in [-0.2, 0) is 20.8 Å². The molecule has 2 aliphatic heterocycles. The highest BCUT2D eigenvalue weighted by Gasteiger charge is 2.27. The van der Waals surface area contributed by atoms with Crippen molar-refractivity contribution in [3.63, 3.8) is 0 Å². The molecule has 5 N–H and O–H groups in total. The van der Waals surface area contributed by atoms with E-state index in [0.717, 1.165) is 28.9 Å². The van der Waals surface area contributed by atoms with Gasteiger partial charge in [0.05, 0.1) is 16.9 Å². The number of aliphatic hydroxyl groups is 1. The van der Waals surface area contributed by atoms with Crippen LogP contribution >= 0.6 is 0 Å². The van der Waals surface area contributed by atoms with E-state index in [1.807, 2.05) is 48.5 Å². The van der Waals surface area contributed by atoms with Crippen molar-refractivity contribution in [3.05, 3.63) is 46.0 Å². The number of rotatable bonds is 7. The molecule has 1 saturated heterocycles. The number of carbonyl (C=O) groups is 3. The lowest BCUT2D eigenvalue weighted by Gasteiger charge is -2.11. The first-order chi connectivity index (χ1) is 20.6. The summed E-state index contributed by atoms with van der Waals surface area (Å²) in [6.07, 6.45) is 6.10. The summed E-state index contributed by atoms with van der Waals surface area (Å²) in [5.41, 5.74) is 5.19. The summed E-state index contributed by atoms with van der Waals surface area (Å²) in [6, 6.07) is 2.57. The van der Waals surface area contributed by atoms with Gasteiger partial charge in [-0.1, -0.05) is 41.5 Å². The number of aryl methyl sites for hydroxylation is 1. The largest absolute Gasteiger partial charge is 0.384 e. The molecule has 1 unspecified atom stereocenters. The Balaban J connectivity index is 0.000000910. The Hall–Kier alpha value is -3.50. The van der Waals surface area contributed by atoms with Crippen LogP contribution in [0.25, 0.3) is 11.6 Å². The number of amides is 3. The van der Waals surface area contributed by atoms with Gasteiger partial charge in [-0.25, -0.2) is 4.39 Å². The maximum Gasteiger partial charge on any atom is 0.256 e. The highest BCUT2D eigenvalue weighted by atomic mass is 19.1. The summed E-state index contributed by atoms with van der Waals surface area (Å²) >= 11 is 0. The molecule has 2 aromatic rings. The van der Waals surface area contributed by atoms with Crippen molar-refractivity contribution < 1.29 is 23.9 Å². The summed E-state index contributed by atoms with van der Waals surface area (Å²) in [7, 11) is 1.56. The average molecular weight is 604 g/mol. The van der Waals surface area contributed by atoms with E-state index in [1.165, 1.54) is 58.0 Å². The van der Waals surface area contributed by atoms with Gasteiger partial charge in [-0.3, -0.25) is 14.4 Å². The summed E-state index contributed by atoms with van der Waals surface area (Å²) in [5.74, 6) is -1.74. The number of aliphatic hydroxyl groups excluding tert-OH is 1. The van der Waals surface area contributed by atoms with Crippen LogP contribution in [0.3, 0.4) is 0 Å². The molecular weight excluding hydrogens is 549 g/mol. The van der Waals surface area contributed by atoms with E-state index < -0.39 is 17.8 Å². The quantitative estimate of drug-likeness (QED) is 0.195. The highest BCUT2D eigenvalue weighted by Crippen LogP contribution is 2.37. The Kier molecular flexibility index (Phi) is 19.5. The fourth-order valence-electron chi connectivity index (χ4n) is 4.43. The van der Waals surface area contributed by atoms with Gasteiger partial charge in [0.15, 0.2) is 0 Å². The normalized spacial score (nSPS) is 14.7. The van der Waals surface area contributed by atoms with Crippen LogP contribution in [0.1, 0.15) is 95.8 Å². The Bertz CT molecular complexity index is 1180. The van der Waals surface area contributed by atoms with E-state index >= 15 is 0 Å². The Morgan fingerprint density at radius 2 is 1.70 bits per heavy atom. The van der Waals surface area contributed by atoms with Crippen molar-refractivity contribution in [2.45, 2.75) is 94.1 Å². The third kappa shape index (κ3) is 12.0. The Morgan fingerprint density at radius 1 is 1.12 bits per heavy atom. The van der Waals surface area contributed by atoms with Crippen molar-refractivity contribution in [1.29, 1.82) is 0 Å². The molecule has 0 bridgehead atoms. The van der Waals surface area contributed by atoms with Crippen molar-refractivity contribution in [3.8, 4) is 0 Å². The molecule has 0 spiro atoms. The summed E-state index contributed by atoms with van der Waals surface area (Å²) in [4.78, 5) is 38.9. The van der Waals surface area contributed by atoms with Crippen LogP contribution in [0, 0.1) is 19.7 Å². The van der Waals surface area contributed by atoms with Crippen LogP contribution < -0.4 is 16.0 Å². The molecule has 3 amide bonds. The number of hydrogen-bond acceptors (Lipinski definition) is 5. The van der Waals surface area contributed by atoms with Crippen molar-refractivity contribution in [1.82, 2.24) is 15.2 Å². The molecule has 1 aromatic carbocycles. The molecular formula is C33H54FN5O4. The number of anilines is 2. The van der Waals surface area contributed by atoms with Gasteiger partial charge in [-0.05, 0) is 95.4 Å². The van der Waals surface area contributed by atoms with Gasteiger partial charge in [-0.15, -0.1) is 0 Å². The van der Waals surface area contributed by atoms with E-state index in [0.29, 0.717) is 23.2 Å². The van der Waals surface area contributed by atoms with Crippen LogP contribution in [-0.4, -0.2) is 66.0 Å². The summed E-state index contributed by atoms with van der Waals surface area (Å²) < 4.78 is 14.4. The van der Waals surface area contributed by atoms with Gasteiger partial charge in [-0.2, -0.15) is 0 Å². The second-order valence-corrected chi connectivity index (χ2v) is 9.63. The molecule has 1 atom stereocenters. The monoisotopic (exact) mass is 603 g/mol. The van der Waals surface area contributed by atoms with E-state index in [4.69, 9.17) is 4.79 Å². The molecule has 0 aliphatic carbocycles. The van der Waals surface area contributed by atoms with Gasteiger partial charge >= 0.3 is 0 Å². The van der Waals surface area contributed by atoms with Gasteiger partial charge in [0.1, 0.15) is 11.9 Å². The van der Waals surface area contributed by atoms with Gasteiger partial charge in [0.25, 0.3) is 11.8 Å². The maximum absolute atomic E-state index is 14.4. The number of aromatic amines is 1. The summed E-state index contributed by atoms with van der Waals surface area (Å²) in [5, 5.41) is 16.5. The lowest BCUT2D eigenvalue weighted by Crippen LogP contribution is -2.25. The van der Waals surface area contributed by atoms with Crippen LogP contribution in [0.4, 0.5) is 15.8 Å². The number of fused-ring (bicyclic) bond motifs is 1. The molecule has 0 saturated carbocycles. The summed E-state index contributed by atoms with van der Waals surface area (Å²) in [6.45, 7) is 21.6. The van der Waals surface area contributed by atoms with E-state index in [1.54, 1.807) is 13.1 Å². The van der Waals surface area contributed by atoms with Gasteiger partial charge in [0.2, 0.25) is 6.41 Å². The number of aromatic nitrogens is 1. The van der Waals surface area contributed by atoms with Crippen LogP contribution in [0.5, 0.6) is 0 Å². The maximum atomic E-state index is 14.4. The number of nitrogens with zero attached hydrogens (tertiary/aromatic N) is 1. The fourth-order valence-corrected chi connectivity index (χ4v) is 4.43. The predicted octanol–water partition coefficient (Wildman–Crippen LogP) is 6.05. The highest BCUT2D eigenvalue weighted by molar-refractivity contribution is 6.35. The molecule has 4 rings (SSSR count). The zero-order valence-electron chi connectivity index (χ0n) is 27.8. The minimum Gasteiger partial charge on any atom is -0.384 e. The fraction of sp³-hybridized carbons (Fsp3) is 0.545. The van der Waals surface area contributed by atoms with E-state index in [2.05, 4.69) is 32.8 Å². The molecule has 10 heteroatoms. The van der Waals surface area contributed by atoms with Gasteiger partial charge < -0.3 is 30.9 Å². The molecule has 9 nitrogen and oxygen atoms in total. The second-order valence-electron chi connectivity index (χ2n) is 9.63. The Labute approximate surface area is 257 Å². The number of hydrogen-bond donors (Lipinski definition) is 5. The van der Waals surface area contributed by atoms with E-state index in [9.17, 15) is 19.1 Å². The number of benzene rings is 1. The zero-order valence-corrected chi connectivity index (χ0v) is 27.8. The molecule has 242 valence electrons. The topological polar surface area (TPSA) is 127 Å². The lowest BCUT2D eigenvalue weighted by atomic mass is 10.0. The third-order valence-corrected chi connectivity index (χ3v) is 6.73. The van der Waals surface area contributed by atoms with Crippen molar-refractivity contribution in [2.75, 3.05) is 37.3 Å². The smallest absolute Gasteiger partial charge is 0.256 e. The van der Waals surface area contributed by atoms with E-state index in [-0.39, 0.29) is 11.6 Å². The molecule has 2 aliphatic rings. The molecule has 0 radical (unpaired) electrons. The number of halogens is 1. The lowest BCUT2D eigenvalue weighted by molar-refractivity contribution is -0.123. The van der Waals surface area contributed by atoms with Gasteiger partial charge in [0, 0.05) is 24.0 Å². The SMILES string of the molecule is CC.CC.CCCN1CCCC1.CCc1[nH]c(/C=C2\C(=O)Nc3cc(NC(=O)C(C)O)c(F)cc32)c(C)c1C.CNC=O. The molecule has 1 aromatic heterocycles. The number of H-pyrrole nitrogens is 1. The average Bonchev–Trinajstić information content (AvgIpc) is 3.71. The molecule has 3 heterocycles. The Morgan fingerprint density at radius 3 is 2.16 bits per heavy atom. The molecule has 43 heavy (non-hydrogen) atoms. The molecule has 1 fully saturated rings. The van der Waals surface area contributed by atoms with Crippen molar-refractivity contribution in [2.24, 2.45) is 0 Å². The van der Waals surface area contributed by atoms with Crippen LogP contribution in [0.15, 0.2) is 12.1 Å². The minimum absolute atomic E-state index is 0.0960. The minimum atomic E-state index is -1.27. The standard InChI is InChI=1S/C20H22FN3O3.C7H15N.C2H5NO.2C2H6/c1-5-15-9(2)10(3)16(22-15)7-13-12-6-14(21)18(24-19(26)11(4)25)8-17(12)23-20(13)27;1-2-5-8-6-3-4-7-8;1-3-2-4;2*1-2/h6-8,11,22,25H,5H2,1-4H3,(H,23,27)(H,24,26);2-7H2,1H3;2H,1H3,(H,3,4);2*1-2H3/b13-7-;;;;. The first-order valence-corrected chi connectivity index (χ1v) is 15.4. The first kappa shape index (κ1) is 39.5. The van der Waals surface area contributed by atoms with Crippen molar-refractivity contribution >= 4 is 41.2 Å². The number of carbonyl (C=O) groups excluding carboxylic acids is 3. The zero-order chi connectivity index (χ0) is 33.1. The first-order valence-electron chi connectivity index (χ1n) is 15.4. The third-order valence-electron chi connectivity index (χ3n) is 6.73. The second kappa shape index (κ2) is 21.2.